The first-order valence-electron chi connectivity index (χ1n) is 4.15. The molecule has 62 valence electrons. The largest absolute Gasteiger partial charge is 0.480 e. The van der Waals surface area contributed by atoms with E-state index in [0.717, 1.165) is 12.8 Å². The molecular formula is C8H13NO2. The molecule has 0 spiro atoms. The van der Waals surface area contributed by atoms with Crippen LogP contribution in [0.5, 0.6) is 0 Å². The van der Waals surface area contributed by atoms with Gasteiger partial charge in [0.15, 0.2) is 0 Å². The molecule has 3 atom stereocenters. The average Bonchev–Trinajstić information content (AvgIpc) is 2.45. The van der Waals surface area contributed by atoms with Crippen molar-refractivity contribution in [1.29, 1.82) is 0 Å². The number of aliphatic carboxylic acids is 1. The summed E-state index contributed by atoms with van der Waals surface area (Å²) in [5, 5.41) is 8.87. The fraction of sp³-hybridized carbons (Fsp3) is 0.875. The van der Waals surface area contributed by atoms with E-state index in [1.165, 1.54) is 6.42 Å². The molecule has 3 N–H and O–H groups in total. The van der Waals surface area contributed by atoms with E-state index in [1.54, 1.807) is 0 Å². The van der Waals surface area contributed by atoms with Gasteiger partial charge >= 0.3 is 5.97 Å². The average molecular weight is 155 g/mol. The third kappa shape index (κ3) is 0.805. The highest BCUT2D eigenvalue weighted by molar-refractivity contribution is 5.79. The molecule has 0 heterocycles. The Morgan fingerprint density at radius 3 is 2.55 bits per heavy atom. The third-order valence-electron chi connectivity index (χ3n) is 3.29. The van der Waals surface area contributed by atoms with Gasteiger partial charge in [-0.2, -0.15) is 0 Å². The lowest BCUT2D eigenvalue weighted by Crippen LogP contribution is -2.52. The van der Waals surface area contributed by atoms with Gasteiger partial charge in [0.25, 0.3) is 0 Å². The molecule has 0 unspecified atom stereocenters. The van der Waals surface area contributed by atoms with Gasteiger partial charge in [-0.1, -0.05) is 6.42 Å². The van der Waals surface area contributed by atoms with Crippen LogP contribution in [0, 0.1) is 11.8 Å². The molecule has 2 saturated carbocycles. The quantitative estimate of drug-likeness (QED) is 0.582. The Morgan fingerprint density at radius 2 is 2.27 bits per heavy atom. The number of hydrogen-bond acceptors (Lipinski definition) is 2. The van der Waals surface area contributed by atoms with Crippen molar-refractivity contribution in [3.05, 3.63) is 0 Å². The molecule has 0 aromatic carbocycles. The Morgan fingerprint density at radius 1 is 1.55 bits per heavy atom. The van der Waals surface area contributed by atoms with Crippen LogP contribution in [0.25, 0.3) is 0 Å². The molecule has 2 fully saturated rings. The Bertz CT molecular complexity index is 204. The van der Waals surface area contributed by atoms with Crippen LogP contribution in [0.1, 0.15) is 25.7 Å². The van der Waals surface area contributed by atoms with E-state index in [9.17, 15) is 4.79 Å². The first-order valence-corrected chi connectivity index (χ1v) is 4.15. The van der Waals surface area contributed by atoms with Crippen molar-refractivity contribution in [3.63, 3.8) is 0 Å². The van der Waals surface area contributed by atoms with Crippen LogP contribution in [-0.2, 0) is 4.79 Å². The van der Waals surface area contributed by atoms with E-state index in [1.807, 2.05) is 0 Å². The number of rotatable bonds is 1. The van der Waals surface area contributed by atoms with E-state index in [4.69, 9.17) is 10.8 Å². The first-order chi connectivity index (χ1) is 5.13. The predicted molar refractivity (Wildman–Crippen MR) is 40.0 cm³/mol. The Hall–Kier alpha value is -0.570. The van der Waals surface area contributed by atoms with Gasteiger partial charge in [-0.15, -0.1) is 0 Å². The normalized spacial score (nSPS) is 48.1. The summed E-state index contributed by atoms with van der Waals surface area (Å²) in [6.45, 7) is 0. The number of nitrogens with two attached hydrogens (primary N) is 1. The lowest BCUT2D eigenvalue weighted by Gasteiger charge is -2.28. The fourth-order valence-electron chi connectivity index (χ4n) is 2.63. The maximum atomic E-state index is 10.8. The fourth-order valence-corrected chi connectivity index (χ4v) is 2.63. The Balaban J connectivity index is 2.23. The minimum absolute atomic E-state index is 0.255. The summed E-state index contributed by atoms with van der Waals surface area (Å²) in [5.41, 5.74) is 4.92. The molecule has 2 bridgehead atoms. The van der Waals surface area contributed by atoms with Gasteiger partial charge in [-0.05, 0) is 31.1 Å². The molecule has 0 aromatic rings. The van der Waals surface area contributed by atoms with Gasteiger partial charge in [-0.25, -0.2) is 0 Å². The number of carbonyl (C=O) groups is 1. The Kier molecular flexibility index (Phi) is 1.27. The molecule has 11 heavy (non-hydrogen) atoms. The summed E-state index contributed by atoms with van der Waals surface area (Å²) in [6, 6.07) is 0. The van der Waals surface area contributed by atoms with Gasteiger partial charge in [0.2, 0.25) is 0 Å². The summed E-state index contributed by atoms with van der Waals surface area (Å²) >= 11 is 0. The van der Waals surface area contributed by atoms with Crippen molar-refractivity contribution in [2.24, 2.45) is 17.6 Å². The van der Waals surface area contributed by atoms with Gasteiger partial charge in [0.1, 0.15) is 5.54 Å². The molecule has 3 heteroatoms. The second-order valence-electron chi connectivity index (χ2n) is 3.93. The number of carboxylic acid groups (broad SMARTS) is 1. The van der Waals surface area contributed by atoms with Crippen LogP contribution in [0.2, 0.25) is 0 Å². The molecule has 2 rings (SSSR count). The molecule has 2 aliphatic rings. The van der Waals surface area contributed by atoms with Crippen molar-refractivity contribution in [3.8, 4) is 0 Å². The molecule has 3 nitrogen and oxygen atoms in total. The summed E-state index contributed by atoms with van der Waals surface area (Å²) < 4.78 is 0. The van der Waals surface area contributed by atoms with E-state index in [-0.39, 0.29) is 5.92 Å². The second-order valence-corrected chi connectivity index (χ2v) is 3.93. The zero-order valence-electron chi connectivity index (χ0n) is 6.42. The summed E-state index contributed by atoms with van der Waals surface area (Å²) in [7, 11) is 0. The molecule has 0 aliphatic heterocycles. The molecular weight excluding hydrogens is 142 g/mol. The van der Waals surface area contributed by atoms with Crippen LogP contribution in [0.15, 0.2) is 0 Å². The van der Waals surface area contributed by atoms with Crippen molar-refractivity contribution >= 4 is 5.97 Å². The summed E-state index contributed by atoms with van der Waals surface area (Å²) in [4.78, 5) is 10.8. The second kappa shape index (κ2) is 1.97. The molecule has 2 aliphatic carbocycles. The lowest BCUT2D eigenvalue weighted by atomic mass is 9.82. The number of hydrogen-bond donors (Lipinski definition) is 2. The predicted octanol–water partition coefficient (Wildman–Crippen LogP) is 0.588. The van der Waals surface area contributed by atoms with Crippen LogP contribution in [0.3, 0.4) is 0 Å². The maximum absolute atomic E-state index is 10.8. The van der Waals surface area contributed by atoms with Crippen LogP contribution in [0.4, 0.5) is 0 Å². The Labute approximate surface area is 65.6 Å². The van der Waals surface area contributed by atoms with Crippen molar-refractivity contribution in [2.45, 2.75) is 31.2 Å². The summed E-state index contributed by atoms with van der Waals surface area (Å²) in [5.74, 6) is 0.0517. The SMILES string of the molecule is N[C@@]1(C(=O)O)C[C@H]2CC[C@H]1C2. The zero-order valence-corrected chi connectivity index (χ0v) is 6.42. The van der Waals surface area contributed by atoms with E-state index in [0.29, 0.717) is 12.3 Å². The monoisotopic (exact) mass is 155 g/mol. The van der Waals surface area contributed by atoms with Crippen LogP contribution < -0.4 is 5.73 Å². The minimum atomic E-state index is -0.872. The standard InChI is InChI=1S/C8H13NO2/c9-8(7(10)11)4-5-1-2-6(8)3-5/h5-6H,1-4,9H2,(H,10,11)/t5-,6-,8-/m0/s1. The van der Waals surface area contributed by atoms with Gasteiger partial charge in [-0.3, -0.25) is 4.79 Å². The summed E-state index contributed by atoms with van der Waals surface area (Å²) in [6.07, 6.45) is 3.96. The third-order valence-corrected chi connectivity index (χ3v) is 3.29. The molecule has 0 amide bonds. The molecule has 0 saturated heterocycles. The first kappa shape index (κ1) is 7.10. The van der Waals surface area contributed by atoms with Crippen molar-refractivity contribution in [1.82, 2.24) is 0 Å². The van der Waals surface area contributed by atoms with Gasteiger partial charge < -0.3 is 10.8 Å². The van der Waals surface area contributed by atoms with Crippen LogP contribution >= 0.6 is 0 Å². The minimum Gasteiger partial charge on any atom is -0.480 e. The highest BCUT2D eigenvalue weighted by Crippen LogP contribution is 2.49. The van der Waals surface area contributed by atoms with E-state index >= 15 is 0 Å². The highest BCUT2D eigenvalue weighted by Gasteiger charge is 2.53. The number of carboxylic acids is 1. The van der Waals surface area contributed by atoms with Gasteiger partial charge in [0.05, 0.1) is 0 Å². The highest BCUT2D eigenvalue weighted by atomic mass is 16.4. The zero-order chi connectivity index (χ0) is 8.06. The molecule has 0 aromatic heterocycles. The smallest absolute Gasteiger partial charge is 0.323 e. The maximum Gasteiger partial charge on any atom is 0.323 e. The van der Waals surface area contributed by atoms with Gasteiger partial charge in [0, 0.05) is 0 Å². The lowest BCUT2D eigenvalue weighted by molar-refractivity contribution is -0.145. The van der Waals surface area contributed by atoms with E-state index in [2.05, 4.69) is 0 Å². The molecule has 0 radical (unpaired) electrons. The van der Waals surface area contributed by atoms with Crippen LogP contribution in [-0.4, -0.2) is 16.6 Å². The van der Waals surface area contributed by atoms with E-state index < -0.39 is 11.5 Å². The number of fused-ring (bicyclic) bond motifs is 2. The van der Waals surface area contributed by atoms with Crippen molar-refractivity contribution in [2.75, 3.05) is 0 Å². The van der Waals surface area contributed by atoms with Crippen molar-refractivity contribution < 1.29 is 9.90 Å². The topological polar surface area (TPSA) is 63.3 Å².